The standard InChI is InChI=1S/C20H10O10/c21-5-1-6-12(7(22)2-5)19(29)16(20(30)17(6)27)14-10(25)3-8(23)13-9(24)4-11(26)18(28)15(13)14/h1-4,21-25,29H/p-2. The number of hydrogen-bond acceptors (Lipinski definition) is 10. The van der Waals surface area contributed by atoms with Crippen molar-refractivity contribution in [3.05, 3.63) is 52.1 Å². The summed E-state index contributed by atoms with van der Waals surface area (Å²) in [6.07, 6.45) is 0.469. The third-order valence-corrected chi connectivity index (χ3v) is 4.73. The molecule has 2 aliphatic carbocycles. The number of phenolic OH excluding ortho intramolecular Hbond substituents is 3. The van der Waals surface area contributed by atoms with Crippen LogP contribution in [0.2, 0.25) is 0 Å². The van der Waals surface area contributed by atoms with Crippen LogP contribution in [-0.4, -0.2) is 43.6 Å². The average Bonchev–Trinajstić information content (AvgIpc) is 2.65. The number of phenols is 3. The molecule has 0 aliphatic heterocycles. The molecule has 4 N–H and O–H groups in total. The van der Waals surface area contributed by atoms with E-state index >= 15 is 0 Å². The van der Waals surface area contributed by atoms with E-state index in [2.05, 4.69) is 0 Å². The van der Waals surface area contributed by atoms with Gasteiger partial charge in [0, 0.05) is 45.5 Å². The van der Waals surface area contributed by atoms with Gasteiger partial charge < -0.3 is 30.6 Å². The number of aliphatic hydroxyl groups excluding tert-OH is 1. The summed E-state index contributed by atoms with van der Waals surface area (Å²) in [4.78, 5) is 49.5. The molecule has 2 aromatic carbocycles. The van der Waals surface area contributed by atoms with Crippen LogP contribution in [-0.2, 0) is 9.59 Å². The topological polar surface area (TPSA) is 195 Å². The number of carbonyl (C=O) groups excluding carboxylic acids is 4. The zero-order chi connectivity index (χ0) is 22.1. The molecule has 10 heteroatoms. The first-order chi connectivity index (χ1) is 14.0. The fourth-order valence-electron chi connectivity index (χ4n) is 3.48. The predicted molar refractivity (Wildman–Crippen MR) is 93.4 cm³/mol. The van der Waals surface area contributed by atoms with Gasteiger partial charge in [0.1, 0.15) is 23.0 Å². The van der Waals surface area contributed by atoms with Gasteiger partial charge in [-0.3, -0.25) is 19.2 Å². The van der Waals surface area contributed by atoms with Crippen LogP contribution in [0, 0.1) is 0 Å². The zero-order valence-electron chi connectivity index (χ0n) is 14.5. The van der Waals surface area contributed by atoms with E-state index in [0.717, 1.165) is 12.1 Å². The first-order valence-electron chi connectivity index (χ1n) is 8.18. The van der Waals surface area contributed by atoms with Gasteiger partial charge in [0.2, 0.25) is 23.1 Å². The number of carbonyl (C=O) groups is 4. The van der Waals surface area contributed by atoms with Gasteiger partial charge >= 0.3 is 0 Å². The summed E-state index contributed by atoms with van der Waals surface area (Å²) < 4.78 is 0. The molecular formula is C20H8O10-2. The molecule has 0 saturated carbocycles. The zero-order valence-corrected chi connectivity index (χ0v) is 14.5. The van der Waals surface area contributed by atoms with E-state index in [1.54, 1.807) is 0 Å². The van der Waals surface area contributed by atoms with Crippen molar-refractivity contribution in [1.29, 1.82) is 0 Å². The SMILES string of the molecule is O=C1C=C(O)c2c([O-])cc(O)c(C3=C([O-])c4c(O)cc(O)cc4C(=O)C3=O)c2C1=O. The Morgan fingerprint density at radius 1 is 0.667 bits per heavy atom. The second kappa shape index (κ2) is 5.95. The van der Waals surface area contributed by atoms with E-state index in [1.807, 2.05) is 0 Å². The normalized spacial score (nSPS) is 15.8. The molecule has 2 aromatic rings. The number of benzene rings is 2. The van der Waals surface area contributed by atoms with Crippen molar-refractivity contribution in [2.75, 3.05) is 0 Å². The molecule has 0 atom stereocenters. The number of ketones is 4. The first kappa shape index (κ1) is 18.7. The summed E-state index contributed by atoms with van der Waals surface area (Å²) in [6, 6.07) is 2.02. The van der Waals surface area contributed by atoms with Crippen LogP contribution in [0.4, 0.5) is 0 Å². The second-order valence-electron chi connectivity index (χ2n) is 6.49. The number of rotatable bonds is 1. The summed E-state index contributed by atoms with van der Waals surface area (Å²) >= 11 is 0. The maximum atomic E-state index is 13.0. The minimum absolute atomic E-state index is 0.469. The Bertz CT molecular complexity index is 1310. The Morgan fingerprint density at radius 2 is 1.30 bits per heavy atom. The van der Waals surface area contributed by atoms with Gasteiger partial charge in [-0.1, -0.05) is 11.5 Å². The summed E-state index contributed by atoms with van der Waals surface area (Å²) in [6.45, 7) is 0. The van der Waals surface area contributed by atoms with Crippen molar-refractivity contribution in [3.8, 4) is 23.0 Å². The predicted octanol–water partition coefficient (Wildman–Crippen LogP) is -0.465. The van der Waals surface area contributed by atoms with Gasteiger partial charge in [-0.25, -0.2) is 0 Å². The van der Waals surface area contributed by atoms with E-state index in [-0.39, 0.29) is 0 Å². The molecule has 0 spiro atoms. The van der Waals surface area contributed by atoms with Crippen LogP contribution in [0.25, 0.3) is 17.1 Å². The largest absolute Gasteiger partial charge is 0.872 e. The van der Waals surface area contributed by atoms with Crippen LogP contribution in [0.15, 0.2) is 24.3 Å². The summed E-state index contributed by atoms with van der Waals surface area (Å²) in [7, 11) is 0. The van der Waals surface area contributed by atoms with E-state index < -0.39 is 91.0 Å². The van der Waals surface area contributed by atoms with Crippen molar-refractivity contribution in [2.24, 2.45) is 0 Å². The van der Waals surface area contributed by atoms with Crippen molar-refractivity contribution in [3.63, 3.8) is 0 Å². The van der Waals surface area contributed by atoms with Crippen LogP contribution in [0.3, 0.4) is 0 Å². The van der Waals surface area contributed by atoms with Crippen molar-refractivity contribution in [1.82, 2.24) is 0 Å². The Kier molecular flexibility index (Phi) is 3.72. The molecule has 30 heavy (non-hydrogen) atoms. The number of fused-ring (bicyclic) bond motifs is 2. The summed E-state index contributed by atoms with van der Waals surface area (Å²) in [5, 5.41) is 64.9. The Morgan fingerprint density at radius 3 is 1.97 bits per heavy atom. The maximum Gasteiger partial charge on any atom is 0.234 e. The highest BCUT2D eigenvalue weighted by Gasteiger charge is 2.38. The van der Waals surface area contributed by atoms with E-state index in [0.29, 0.717) is 12.1 Å². The molecule has 10 nitrogen and oxygen atoms in total. The number of aliphatic hydroxyl groups is 1. The first-order valence-corrected chi connectivity index (χ1v) is 8.18. The lowest BCUT2D eigenvalue weighted by atomic mass is 9.79. The van der Waals surface area contributed by atoms with Gasteiger partial charge in [-0.15, -0.1) is 0 Å². The lowest BCUT2D eigenvalue weighted by Gasteiger charge is -2.30. The lowest BCUT2D eigenvalue weighted by Crippen LogP contribution is -2.29. The number of Topliss-reactive ketones (excluding diaryl/α,β-unsaturated/α-hetero) is 3. The van der Waals surface area contributed by atoms with Crippen molar-refractivity contribution < 1.29 is 49.8 Å². The highest BCUT2D eigenvalue weighted by molar-refractivity contribution is 6.63. The van der Waals surface area contributed by atoms with Crippen molar-refractivity contribution >= 4 is 40.2 Å². The molecule has 0 saturated heterocycles. The molecular weight excluding hydrogens is 400 g/mol. The third-order valence-electron chi connectivity index (χ3n) is 4.73. The van der Waals surface area contributed by atoms with E-state index in [9.17, 15) is 49.8 Å². The maximum absolute atomic E-state index is 13.0. The second-order valence-corrected chi connectivity index (χ2v) is 6.49. The lowest BCUT2D eigenvalue weighted by molar-refractivity contribution is -0.269. The molecule has 0 radical (unpaired) electrons. The Hall–Kier alpha value is -4.60. The molecule has 2 aliphatic rings. The molecule has 0 heterocycles. The minimum Gasteiger partial charge on any atom is -0.872 e. The quantitative estimate of drug-likeness (QED) is 0.448. The highest BCUT2D eigenvalue weighted by Crippen LogP contribution is 2.45. The fraction of sp³-hybridized carbons (Fsp3) is 0. The molecule has 0 aromatic heterocycles. The van der Waals surface area contributed by atoms with E-state index in [1.165, 1.54) is 0 Å². The molecule has 0 fully saturated rings. The number of aromatic hydroxyl groups is 3. The highest BCUT2D eigenvalue weighted by atomic mass is 16.3. The van der Waals surface area contributed by atoms with E-state index in [4.69, 9.17) is 0 Å². The van der Waals surface area contributed by atoms with Gasteiger partial charge in [-0.05, 0) is 12.1 Å². The average molecular weight is 408 g/mol. The minimum atomic E-state index is -1.51. The van der Waals surface area contributed by atoms with Gasteiger partial charge in [0.05, 0.1) is 0 Å². The summed E-state index contributed by atoms with van der Waals surface area (Å²) in [5.41, 5.74) is -4.88. The summed E-state index contributed by atoms with van der Waals surface area (Å²) in [5.74, 6) is -11.3. The Balaban J connectivity index is 2.17. The van der Waals surface area contributed by atoms with Crippen LogP contribution >= 0.6 is 0 Å². The molecule has 4 rings (SSSR count). The monoisotopic (exact) mass is 408 g/mol. The van der Waals surface area contributed by atoms with Gasteiger partial charge in [-0.2, -0.15) is 0 Å². The third kappa shape index (κ3) is 2.30. The van der Waals surface area contributed by atoms with Gasteiger partial charge in [0.25, 0.3) is 0 Å². The van der Waals surface area contributed by atoms with Crippen molar-refractivity contribution in [2.45, 2.75) is 0 Å². The van der Waals surface area contributed by atoms with Gasteiger partial charge in [0.15, 0.2) is 0 Å². The number of allylic oxidation sites excluding steroid dienone is 2. The van der Waals surface area contributed by atoms with Crippen LogP contribution in [0.5, 0.6) is 23.0 Å². The molecule has 150 valence electrons. The fourth-order valence-corrected chi connectivity index (χ4v) is 3.48. The van der Waals surface area contributed by atoms with Crippen LogP contribution in [0.1, 0.15) is 37.4 Å². The number of hydrogen-bond donors (Lipinski definition) is 4. The Labute approximate surface area is 165 Å². The molecule has 0 bridgehead atoms. The molecule has 0 amide bonds. The molecule has 0 unspecified atom stereocenters. The van der Waals surface area contributed by atoms with Crippen LogP contribution < -0.4 is 10.2 Å². The smallest absolute Gasteiger partial charge is 0.234 e.